The molecule has 43 heavy (non-hydrogen) atoms. The fraction of sp³-hybridized carbons (Fsp3) is 0.484. The predicted octanol–water partition coefficient (Wildman–Crippen LogP) is 2.31. The fourth-order valence-corrected chi connectivity index (χ4v) is 4.14. The van der Waals surface area contributed by atoms with E-state index in [1.165, 1.54) is 17.9 Å². The third-order valence-corrected chi connectivity index (χ3v) is 6.57. The molecule has 0 aliphatic rings. The van der Waals surface area contributed by atoms with Gasteiger partial charge in [0.1, 0.15) is 29.5 Å². The molecular weight excluding hydrogens is 552 g/mol. The molecule has 0 saturated heterocycles. The Morgan fingerprint density at radius 2 is 1.74 bits per heavy atom. The van der Waals surface area contributed by atoms with E-state index in [2.05, 4.69) is 21.1 Å². The minimum atomic E-state index is -1.36. The van der Waals surface area contributed by atoms with Crippen LogP contribution >= 0.6 is 0 Å². The van der Waals surface area contributed by atoms with Crippen molar-refractivity contribution in [1.82, 2.24) is 26.0 Å². The van der Waals surface area contributed by atoms with Gasteiger partial charge in [0.2, 0.25) is 11.8 Å². The Bertz CT molecular complexity index is 1320. The summed E-state index contributed by atoms with van der Waals surface area (Å²) in [6.07, 6.45) is 1.52. The molecule has 0 fully saturated rings. The zero-order chi connectivity index (χ0) is 32.1. The number of carbonyl (C=O) groups excluding carboxylic acids is 4. The maximum absolute atomic E-state index is 13.2. The number of allylic oxidation sites excluding steroid dienone is 1. The molecule has 232 valence electrons. The van der Waals surface area contributed by atoms with Gasteiger partial charge in [-0.1, -0.05) is 54.9 Å². The van der Waals surface area contributed by atoms with Crippen LogP contribution in [0.25, 0.3) is 0 Å². The lowest BCUT2D eigenvalue weighted by Gasteiger charge is -2.25. The molecule has 0 bridgehead atoms. The van der Waals surface area contributed by atoms with Crippen molar-refractivity contribution in [3.05, 3.63) is 64.6 Å². The molecule has 1 heterocycles. The van der Waals surface area contributed by atoms with Crippen LogP contribution in [0, 0.1) is 31.1 Å². The van der Waals surface area contributed by atoms with Crippen molar-refractivity contribution in [2.75, 3.05) is 13.6 Å². The summed E-state index contributed by atoms with van der Waals surface area (Å²) in [6, 6.07) is 8.64. The Balaban J connectivity index is 2.09. The number of likely N-dealkylation sites (N-methyl/N-ethyl adjacent to an activating group) is 1. The standard InChI is InChI=1S/C31H42N6O6/c1-19(2)15-24(17-32)31(42)37(6)14-8-7-9-25(28(39)33-18-23-12-10-20(3)11-13-23)34-30(41)27(22(5)38)35-29(40)26-16-21(4)43-36-26/h10-13,15-16,19,22,25,27,38H,7-9,14,18H2,1-6H3,(H,33,39)(H,34,41)(H,35,40). The fourth-order valence-electron chi connectivity index (χ4n) is 4.14. The van der Waals surface area contributed by atoms with Crippen LogP contribution < -0.4 is 16.0 Å². The van der Waals surface area contributed by atoms with E-state index in [9.17, 15) is 29.5 Å². The van der Waals surface area contributed by atoms with Gasteiger partial charge in [0.05, 0.1) is 6.10 Å². The lowest BCUT2D eigenvalue weighted by atomic mass is 10.1. The van der Waals surface area contributed by atoms with Crippen molar-refractivity contribution >= 4 is 23.6 Å². The Labute approximate surface area is 252 Å². The Morgan fingerprint density at radius 3 is 2.30 bits per heavy atom. The van der Waals surface area contributed by atoms with Gasteiger partial charge in [-0.25, -0.2) is 0 Å². The van der Waals surface area contributed by atoms with Crippen LogP contribution in [0.1, 0.15) is 67.4 Å². The summed E-state index contributed by atoms with van der Waals surface area (Å²) in [6.45, 7) is 9.26. The molecule has 2 rings (SSSR count). The summed E-state index contributed by atoms with van der Waals surface area (Å²) in [4.78, 5) is 53.1. The summed E-state index contributed by atoms with van der Waals surface area (Å²) in [7, 11) is 1.60. The lowest BCUT2D eigenvalue weighted by molar-refractivity contribution is -0.131. The van der Waals surface area contributed by atoms with E-state index in [4.69, 9.17) is 4.52 Å². The largest absolute Gasteiger partial charge is 0.391 e. The van der Waals surface area contributed by atoms with Gasteiger partial charge < -0.3 is 30.5 Å². The maximum Gasteiger partial charge on any atom is 0.274 e. The molecule has 12 heteroatoms. The topological polar surface area (TPSA) is 178 Å². The van der Waals surface area contributed by atoms with Crippen LogP contribution in [-0.2, 0) is 20.9 Å². The Kier molecular flexibility index (Phi) is 13.6. The first-order chi connectivity index (χ1) is 20.3. The number of amides is 4. The number of aliphatic hydroxyl groups excluding tert-OH is 1. The Hall–Kier alpha value is -4.50. The highest BCUT2D eigenvalue weighted by molar-refractivity contribution is 5.98. The van der Waals surface area contributed by atoms with E-state index < -0.39 is 35.9 Å². The summed E-state index contributed by atoms with van der Waals surface area (Å²) >= 11 is 0. The first kappa shape index (κ1) is 34.7. The van der Waals surface area contributed by atoms with E-state index in [-0.39, 0.29) is 36.1 Å². The van der Waals surface area contributed by atoms with Gasteiger partial charge in [-0.15, -0.1) is 0 Å². The molecule has 0 saturated carbocycles. The number of aliphatic hydroxyl groups is 1. The second-order valence-electron chi connectivity index (χ2n) is 10.9. The van der Waals surface area contributed by atoms with Gasteiger partial charge in [-0.3, -0.25) is 19.2 Å². The molecule has 12 nitrogen and oxygen atoms in total. The molecule has 2 aromatic rings. The normalized spacial score (nSPS) is 13.4. The second kappa shape index (κ2) is 16.8. The highest BCUT2D eigenvalue weighted by Gasteiger charge is 2.30. The predicted molar refractivity (Wildman–Crippen MR) is 159 cm³/mol. The zero-order valence-electron chi connectivity index (χ0n) is 25.6. The number of hydrogen-bond donors (Lipinski definition) is 4. The van der Waals surface area contributed by atoms with E-state index >= 15 is 0 Å². The van der Waals surface area contributed by atoms with Crippen molar-refractivity contribution in [2.24, 2.45) is 5.92 Å². The maximum atomic E-state index is 13.2. The molecule has 4 amide bonds. The molecule has 1 aromatic carbocycles. The number of unbranched alkanes of at least 4 members (excludes halogenated alkanes) is 1. The van der Waals surface area contributed by atoms with Gasteiger partial charge in [-0.2, -0.15) is 5.26 Å². The van der Waals surface area contributed by atoms with E-state index in [0.717, 1.165) is 11.1 Å². The van der Waals surface area contributed by atoms with Gasteiger partial charge in [0.15, 0.2) is 5.69 Å². The van der Waals surface area contributed by atoms with Crippen LogP contribution in [0.15, 0.2) is 46.5 Å². The Morgan fingerprint density at radius 1 is 1.07 bits per heavy atom. The van der Waals surface area contributed by atoms with Crippen LogP contribution in [0.3, 0.4) is 0 Å². The quantitative estimate of drug-likeness (QED) is 0.138. The van der Waals surface area contributed by atoms with Crippen LogP contribution in [0.2, 0.25) is 0 Å². The highest BCUT2D eigenvalue weighted by Crippen LogP contribution is 2.10. The molecule has 0 radical (unpaired) electrons. The smallest absolute Gasteiger partial charge is 0.274 e. The van der Waals surface area contributed by atoms with Gasteiger partial charge in [0, 0.05) is 26.2 Å². The molecular formula is C31H42N6O6. The van der Waals surface area contributed by atoms with Gasteiger partial charge in [0.25, 0.3) is 11.8 Å². The zero-order valence-corrected chi connectivity index (χ0v) is 25.6. The van der Waals surface area contributed by atoms with Crippen LogP contribution in [-0.4, -0.2) is 70.6 Å². The van der Waals surface area contributed by atoms with Crippen molar-refractivity contribution in [1.29, 1.82) is 5.26 Å². The number of hydrogen-bond acceptors (Lipinski definition) is 8. The van der Waals surface area contributed by atoms with Crippen molar-refractivity contribution in [2.45, 2.75) is 78.6 Å². The molecule has 3 atom stereocenters. The summed E-state index contributed by atoms with van der Waals surface area (Å²) in [5.41, 5.74) is 1.98. The average Bonchev–Trinajstić information content (AvgIpc) is 3.40. The number of aromatic nitrogens is 1. The number of nitriles is 1. The molecule has 3 unspecified atom stereocenters. The number of benzene rings is 1. The second-order valence-corrected chi connectivity index (χ2v) is 10.9. The van der Waals surface area contributed by atoms with E-state index in [0.29, 0.717) is 25.1 Å². The number of aryl methyl sites for hydroxylation is 2. The minimum Gasteiger partial charge on any atom is -0.391 e. The number of nitrogens with one attached hydrogen (secondary N) is 3. The molecule has 4 N–H and O–H groups in total. The van der Waals surface area contributed by atoms with Gasteiger partial charge >= 0.3 is 0 Å². The first-order valence-electron chi connectivity index (χ1n) is 14.3. The van der Waals surface area contributed by atoms with Gasteiger partial charge in [-0.05, 0) is 51.5 Å². The highest BCUT2D eigenvalue weighted by atomic mass is 16.5. The molecule has 0 aliphatic carbocycles. The molecule has 0 spiro atoms. The molecule has 0 aliphatic heterocycles. The van der Waals surface area contributed by atoms with Crippen LogP contribution in [0.5, 0.6) is 0 Å². The third kappa shape index (κ3) is 11.4. The van der Waals surface area contributed by atoms with Crippen molar-refractivity contribution < 1.29 is 28.8 Å². The number of carbonyl (C=O) groups is 4. The SMILES string of the molecule is Cc1ccc(CNC(=O)C(CCCCN(C)C(=O)C(C#N)=CC(C)C)NC(=O)C(NC(=O)c2cc(C)on2)C(C)O)cc1. The lowest BCUT2D eigenvalue weighted by Crippen LogP contribution is -2.57. The number of rotatable bonds is 15. The minimum absolute atomic E-state index is 0.0464. The van der Waals surface area contributed by atoms with Crippen molar-refractivity contribution in [3.63, 3.8) is 0 Å². The summed E-state index contributed by atoms with van der Waals surface area (Å²) < 4.78 is 4.91. The number of nitrogens with zero attached hydrogens (tertiary/aromatic N) is 3. The first-order valence-corrected chi connectivity index (χ1v) is 14.3. The molecule has 1 aromatic heterocycles. The van der Waals surface area contributed by atoms with E-state index in [1.54, 1.807) is 20.0 Å². The van der Waals surface area contributed by atoms with Crippen LogP contribution in [0.4, 0.5) is 0 Å². The summed E-state index contributed by atoms with van der Waals surface area (Å²) in [5, 5.41) is 31.2. The average molecular weight is 595 g/mol. The monoisotopic (exact) mass is 594 g/mol. The third-order valence-electron chi connectivity index (χ3n) is 6.57. The summed E-state index contributed by atoms with van der Waals surface area (Å²) in [5.74, 6) is -1.83. The van der Waals surface area contributed by atoms with E-state index in [1.807, 2.05) is 51.1 Å². The van der Waals surface area contributed by atoms with Crippen molar-refractivity contribution in [3.8, 4) is 6.07 Å².